The van der Waals surface area contributed by atoms with Gasteiger partial charge in [0.1, 0.15) is 12.2 Å². The number of piperidine rings is 1. The number of nitrogens with one attached hydrogen (secondary N) is 1. The van der Waals surface area contributed by atoms with Gasteiger partial charge in [-0.25, -0.2) is 18.0 Å². The quantitative estimate of drug-likeness (QED) is 0.605. The zero-order valence-corrected chi connectivity index (χ0v) is 22.4. The van der Waals surface area contributed by atoms with E-state index >= 15 is 8.78 Å². The van der Waals surface area contributed by atoms with Crippen molar-refractivity contribution < 1.29 is 22.5 Å². The number of amides is 2. The van der Waals surface area contributed by atoms with Gasteiger partial charge < -0.3 is 14.7 Å². The van der Waals surface area contributed by atoms with Gasteiger partial charge >= 0.3 is 6.03 Å². The van der Waals surface area contributed by atoms with Gasteiger partial charge in [-0.15, -0.1) is 0 Å². The van der Waals surface area contributed by atoms with Crippen molar-refractivity contribution in [3.63, 3.8) is 0 Å². The van der Waals surface area contributed by atoms with E-state index in [0.29, 0.717) is 69.0 Å². The molecule has 1 aromatic heterocycles. The van der Waals surface area contributed by atoms with Gasteiger partial charge in [-0.2, -0.15) is 4.98 Å². The number of alkyl halides is 3. The van der Waals surface area contributed by atoms with Crippen LogP contribution in [0.3, 0.4) is 0 Å². The number of carbonyl (C=O) groups excluding carboxylic acids is 1. The minimum atomic E-state index is -2.94. The maximum atomic E-state index is 15.2. The molecule has 4 fully saturated rings. The first-order valence-electron chi connectivity index (χ1n) is 13.9. The number of halogens is 3. The largest absolute Gasteiger partial charge is 0.339 e. The van der Waals surface area contributed by atoms with Crippen molar-refractivity contribution >= 4 is 6.03 Å². The van der Waals surface area contributed by atoms with Gasteiger partial charge in [0.25, 0.3) is 5.92 Å². The van der Waals surface area contributed by atoms with Crippen LogP contribution in [0.4, 0.5) is 18.0 Å². The van der Waals surface area contributed by atoms with E-state index < -0.39 is 29.6 Å². The lowest BCUT2D eigenvalue weighted by Crippen LogP contribution is -2.64. The number of rotatable bonds is 6. The van der Waals surface area contributed by atoms with Gasteiger partial charge in [-0.1, -0.05) is 12.1 Å². The Kier molecular flexibility index (Phi) is 7.23. The van der Waals surface area contributed by atoms with Crippen LogP contribution in [-0.2, 0) is 5.41 Å². The van der Waals surface area contributed by atoms with Crippen LogP contribution in [0.1, 0.15) is 83.3 Å². The average Bonchev–Trinajstić information content (AvgIpc) is 3.24. The van der Waals surface area contributed by atoms with Gasteiger partial charge in [0.2, 0.25) is 5.89 Å². The Bertz CT molecular complexity index is 966. The number of hydrogen-bond donors (Lipinski definition) is 1. The van der Waals surface area contributed by atoms with Crippen LogP contribution in [0.5, 0.6) is 0 Å². The van der Waals surface area contributed by atoms with Crippen molar-refractivity contribution in [2.75, 3.05) is 33.2 Å². The number of nitrogens with zero attached hydrogens (tertiary/aromatic N) is 5. The first kappa shape index (κ1) is 26.7. The number of carbonyl (C=O) groups is 1. The Balaban J connectivity index is 1.20. The molecule has 2 saturated carbocycles. The number of likely N-dealkylation sites (tertiary alicyclic amines) is 2. The third-order valence-corrected chi connectivity index (χ3v) is 9.35. The molecule has 4 aliphatic rings. The molecule has 5 rings (SSSR count). The standard InChI is InChI=1S/C26H41F3N6O2/c1-16(2)33(4)17-7-11-35(15-17)20-6-5-8-26(28,29)21(20)30-24(36)34-12-9-25(3,10-13-34)23-31-22(37-32-23)18-14-19(18)27/h16-21H,5-15H2,1-4H3,(H,30,36)/t17-,18+,19-,20-,21+/m0/s1. The minimum Gasteiger partial charge on any atom is -0.339 e. The van der Waals surface area contributed by atoms with Crippen molar-refractivity contribution in [2.45, 2.75) is 113 Å². The van der Waals surface area contributed by atoms with Gasteiger partial charge in [0, 0.05) is 56.1 Å². The van der Waals surface area contributed by atoms with E-state index in [0.717, 1.165) is 19.5 Å². The third-order valence-electron chi connectivity index (χ3n) is 9.35. The summed E-state index contributed by atoms with van der Waals surface area (Å²) in [5.74, 6) is -2.35. The van der Waals surface area contributed by atoms with Crippen LogP contribution in [0.15, 0.2) is 4.52 Å². The first-order chi connectivity index (χ1) is 17.5. The van der Waals surface area contributed by atoms with E-state index in [1.165, 1.54) is 0 Å². The predicted molar refractivity (Wildman–Crippen MR) is 132 cm³/mol. The van der Waals surface area contributed by atoms with Crippen LogP contribution in [0, 0.1) is 0 Å². The van der Waals surface area contributed by atoms with E-state index in [-0.39, 0.29) is 18.4 Å². The zero-order valence-electron chi connectivity index (χ0n) is 22.4. The minimum absolute atomic E-state index is 0.198. The summed E-state index contributed by atoms with van der Waals surface area (Å²) < 4.78 is 49.1. The van der Waals surface area contributed by atoms with Gasteiger partial charge in [-0.05, 0) is 59.4 Å². The monoisotopic (exact) mass is 526 g/mol. The topological polar surface area (TPSA) is 77.7 Å². The lowest BCUT2D eigenvalue weighted by molar-refractivity contribution is -0.0899. The SMILES string of the molecule is CC(C)N(C)[C@H]1CCN([C@H]2CCCC(F)(F)[C@@H]2NC(=O)N2CCC(C)(c3noc([C@@H]4C[C@@H]4F)n3)CC2)C1. The fraction of sp³-hybridized carbons (Fsp3) is 0.885. The van der Waals surface area contributed by atoms with Crippen LogP contribution in [0.25, 0.3) is 0 Å². The molecule has 1 N–H and O–H groups in total. The summed E-state index contributed by atoms with van der Waals surface area (Å²) in [5, 5.41) is 6.86. The summed E-state index contributed by atoms with van der Waals surface area (Å²) in [5.41, 5.74) is -0.399. The molecule has 0 bridgehead atoms. The van der Waals surface area contributed by atoms with Crippen LogP contribution in [-0.4, -0.2) is 100 Å². The lowest BCUT2D eigenvalue weighted by Gasteiger charge is -2.44. The van der Waals surface area contributed by atoms with Crippen LogP contribution >= 0.6 is 0 Å². The summed E-state index contributed by atoms with van der Waals surface area (Å²) in [7, 11) is 2.09. The molecule has 208 valence electrons. The number of urea groups is 1. The molecule has 11 heteroatoms. The summed E-state index contributed by atoms with van der Waals surface area (Å²) in [6, 6.07) is -1.26. The second-order valence-electron chi connectivity index (χ2n) is 12.2. The Morgan fingerprint density at radius 3 is 2.54 bits per heavy atom. The molecule has 1 aromatic rings. The van der Waals surface area contributed by atoms with Crippen molar-refractivity contribution in [1.29, 1.82) is 0 Å². The molecule has 2 amide bonds. The average molecular weight is 527 g/mol. The Morgan fingerprint density at radius 2 is 1.89 bits per heavy atom. The van der Waals surface area contributed by atoms with E-state index in [2.05, 4.69) is 46.2 Å². The lowest BCUT2D eigenvalue weighted by atomic mass is 9.79. The van der Waals surface area contributed by atoms with Gasteiger partial charge in [0.15, 0.2) is 5.82 Å². The molecule has 0 unspecified atom stereocenters. The predicted octanol–water partition coefficient (Wildman–Crippen LogP) is 3.93. The van der Waals surface area contributed by atoms with E-state index in [1.54, 1.807) is 4.90 Å². The van der Waals surface area contributed by atoms with E-state index in [4.69, 9.17) is 4.52 Å². The smallest absolute Gasteiger partial charge is 0.317 e. The normalized spacial score (nSPS) is 33.8. The second kappa shape index (κ2) is 10.0. The molecule has 5 atom stereocenters. The maximum absolute atomic E-state index is 15.2. The van der Waals surface area contributed by atoms with E-state index in [9.17, 15) is 9.18 Å². The molecule has 2 saturated heterocycles. The highest BCUT2D eigenvalue weighted by Crippen LogP contribution is 2.44. The van der Waals surface area contributed by atoms with Crippen molar-refractivity contribution in [3.05, 3.63) is 11.7 Å². The zero-order chi connectivity index (χ0) is 26.5. The van der Waals surface area contributed by atoms with Gasteiger partial charge in [0.05, 0.1) is 5.92 Å². The molecule has 8 nitrogen and oxygen atoms in total. The van der Waals surface area contributed by atoms with Crippen LogP contribution < -0.4 is 5.32 Å². The Morgan fingerprint density at radius 1 is 1.19 bits per heavy atom. The summed E-state index contributed by atoms with van der Waals surface area (Å²) in [6.07, 6.45) is 2.57. The molecule has 2 aliphatic heterocycles. The fourth-order valence-corrected chi connectivity index (χ4v) is 6.27. The van der Waals surface area contributed by atoms with Crippen LogP contribution in [0.2, 0.25) is 0 Å². The first-order valence-corrected chi connectivity index (χ1v) is 13.9. The highest BCUT2D eigenvalue weighted by atomic mass is 19.3. The molecular weight excluding hydrogens is 485 g/mol. The molecule has 37 heavy (non-hydrogen) atoms. The molecule has 0 aromatic carbocycles. The Labute approximate surface area is 217 Å². The molecule has 2 aliphatic carbocycles. The number of likely N-dealkylation sites (N-methyl/N-ethyl adjacent to an activating group) is 1. The number of hydrogen-bond acceptors (Lipinski definition) is 6. The molecule has 3 heterocycles. The van der Waals surface area contributed by atoms with Crippen molar-refractivity contribution in [3.8, 4) is 0 Å². The van der Waals surface area contributed by atoms with Crippen molar-refractivity contribution in [1.82, 2.24) is 30.2 Å². The molecular formula is C26H41F3N6O2. The number of aromatic nitrogens is 2. The van der Waals surface area contributed by atoms with Crippen molar-refractivity contribution in [2.24, 2.45) is 0 Å². The third kappa shape index (κ3) is 5.35. The van der Waals surface area contributed by atoms with E-state index in [1.807, 2.05) is 6.92 Å². The highest BCUT2D eigenvalue weighted by Gasteiger charge is 2.51. The summed E-state index contributed by atoms with van der Waals surface area (Å²) in [4.78, 5) is 23.8. The molecule has 0 radical (unpaired) electrons. The highest BCUT2D eigenvalue weighted by molar-refractivity contribution is 5.75. The summed E-state index contributed by atoms with van der Waals surface area (Å²) >= 11 is 0. The molecule has 0 spiro atoms. The fourth-order valence-electron chi connectivity index (χ4n) is 6.27. The summed E-state index contributed by atoms with van der Waals surface area (Å²) in [6.45, 7) is 8.65. The second-order valence-corrected chi connectivity index (χ2v) is 12.2. The maximum Gasteiger partial charge on any atom is 0.317 e. The Hall–Kier alpha value is -1.88. The van der Waals surface area contributed by atoms with Gasteiger partial charge in [-0.3, -0.25) is 9.80 Å².